The van der Waals surface area contributed by atoms with Crippen molar-refractivity contribution in [2.75, 3.05) is 31.6 Å². The predicted octanol–water partition coefficient (Wildman–Crippen LogP) is 5.37. The van der Waals surface area contributed by atoms with E-state index in [0.29, 0.717) is 24.5 Å². The van der Waals surface area contributed by atoms with E-state index in [2.05, 4.69) is 5.32 Å². The van der Waals surface area contributed by atoms with Gasteiger partial charge in [-0.15, -0.1) is 0 Å². The molecular weight excluding hydrogens is 602 g/mol. The van der Waals surface area contributed by atoms with Gasteiger partial charge in [0.2, 0.25) is 11.8 Å². The number of carbonyl (C=O) groups excluding carboxylic acids is 2. The number of rotatable bonds is 15. The van der Waals surface area contributed by atoms with Crippen LogP contribution in [-0.2, 0) is 32.6 Å². The zero-order valence-corrected chi connectivity index (χ0v) is 27.5. The molecule has 242 valence electrons. The standard InChI is InChI=1S/C36H41N3O6S/c1-5-21-37-36(41)34(23-28-11-7-6-8-12-28)38(25-29-13-9-15-31(22-29)44-3)35(40)26-39(30-14-10-16-32(24-30)45-4)46(42,43)33-19-17-27(2)18-20-33/h6-20,22,24,34H,5,21,23,25-26H2,1-4H3,(H,37,41)/t34-/m0/s1. The third-order valence-corrected chi connectivity index (χ3v) is 9.32. The Balaban J connectivity index is 1.82. The molecule has 1 N–H and O–H groups in total. The average Bonchev–Trinajstić information content (AvgIpc) is 3.08. The van der Waals surface area contributed by atoms with E-state index >= 15 is 0 Å². The molecule has 0 saturated heterocycles. The molecule has 46 heavy (non-hydrogen) atoms. The first-order valence-corrected chi connectivity index (χ1v) is 16.6. The van der Waals surface area contributed by atoms with Crippen molar-refractivity contribution in [2.24, 2.45) is 0 Å². The maximum Gasteiger partial charge on any atom is 0.264 e. The van der Waals surface area contributed by atoms with Crippen molar-refractivity contribution in [3.8, 4) is 11.5 Å². The average molecular weight is 644 g/mol. The van der Waals surface area contributed by atoms with E-state index in [1.54, 1.807) is 55.6 Å². The summed E-state index contributed by atoms with van der Waals surface area (Å²) in [5.41, 5.74) is 2.74. The lowest BCUT2D eigenvalue weighted by molar-refractivity contribution is -0.140. The van der Waals surface area contributed by atoms with Gasteiger partial charge in [-0.25, -0.2) is 8.42 Å². The minimum Gasteiger partial charge on any atom is -0.497 e. The van der Waals surface area contributed by atoms with Gasteiger partial charge in [0.15, 0.2) is 0 Å². The molecule has 0 unspecified atom stereocenters. The monoisotopic (exact) mass is 643 g/mol. The van der Waals surface area contributed by atoms with Gasteiger partial charge in [-0.3, -0.25) is 13.9 Å². The summed E-state index contributed by atoms with van der Waals surface area (Å²) in [6.45, 7) is 3.74. The van der Waals surface area contributed by atoms with Crippen LogP contribution < -0.4 is 19.1 Å². The van der Waals surface area contributed by atoms with E-state index in [4.69, 9.17) is 9.47 Å². The highest BCUT2D eigenvalue weighted by Crippen LogP contribution is 2.28. The molecule has 0 spiro atoms. The Morgan fingerprint density at radius 3 is 2.09 bits per heavy atom. The quantitative estimate of drug-likeness (QED) is 0.187. The highest BCUT2D eigenvalue weighted by atomic mass is 32.2. The summed E-state index contributed by atoms with van der Waals surface area (Å²) in [4.78, 5) is 29.8. The van der Waals surface area contributed by atoms with Crippen LogP contribution in [0.4, 0.5) is 5.69 Å². The molecule has 0 aliphatic heterocycles. The number of sulfonamides is 1. The second kappa shape index (κ2) is 15.9. The summed E-state index contributed by atoms with van der Waals surface area (Å²) in [7, 11) is -1.17. The second-order valence-electron chi connectivity index (χ2n) is 10.9. The number of nitrogens with one attached hydrogen (secondary N) is 1. The Morgan fingerprint density at radius 2 is 1.43 bits per heavy atom. The molecule has 0 bridgehead atoms. The van der Waals surface area contributed by atoms with E-state index in [1.807, 2.05) is 56.3 Å². The van der Waals surface area contributed by atoms with Gasteiger partial charge in [0.05, 0.1) is 24.8 Å². The minimum atomic E-state index is -4.22. The lowest BCUT2D eigenvalue weighted by Crippen LogP contribution is -2.53. The van der Waals surface area contributed by atoms with Crippen molar-refractivity contribution in [3.05, 3.63) is 120 Å². The van der Waals surface area contributed by atoms with Gasteiger partial charge in [-0.1, -0.05) is 73.2 Å². The fraction of sp³-hybridized carbons (Fsp3) is 0.278. The minimum absolute atomic E-state index is 0.0367. The Labute approximate surface area is 271 Å². The van der Waals surface area contributed by atoms with Crippen molar-refractivity contribution in [2.45, 2.75) is 44.2 Å². The van der Waals surface area contributed by atoms with Gasteiger partial charge in [0.25, 0.3) is 10.0 Å². The van der Waals surface area contributed by atoms with Crippen molar-refractivity contribution in [3.63, 3.8) is 0 Å². The summed E-state index contributed by atoms with van der Waals surface area (Å²) >= 11 is 0. The molecule has 0 aliphatic rings. The summed E-state index contributed by atoms with van der Waals surface area (Å²) in [5.74, 6) is 0.160. The van der Waals surface area contributed by atoms with Crippen LogP contribution in [-0.4, -0.2) is 58.5 Å². The largest absolute Gasteiger partial charge is 0.497 e. The first kappa shape index (κ1) is 34.1. The number of anilines is 1. The van der Waals surface area contributed by atoms with Crippen LogP contribution in [0.2, 0.25) is 0 Å². The molecule has 4 aromatic rings. The van der Waals surface area contributed by atoms with Crippen molar-refractivity contribution < 1.29 is 27.5 Å². The number of amides is 2. The summed E-state index contributed by atoms with van der Waals surface area (Å²) in [6.07, 6.45) is 0.946. The van der Waals surface area contributed by atoms with Crippen LogP contribution in [0.25, 0.3) is 0 Å². The number of hydrogen-bond donors (Lipinski definition) is 1. The summed E-state index contributed by atoms with van der Waals surface area (Å²) < 4.78 is 40.3. The maximum atomic E-state index is 14.6. The van der Waals surface area contributed by atoms with Crippen LogP contribution in [0.3, 0.4) is 0 Å². The lowest BCUT2D eigenvalue weighted by Gasteiger charge is -2.34. The first-order valence-electron chi connectivity index (χ1n) is 15.1. The molecule has 4 rings (SSSR count). The fourth-order valence-corrected chi connectivity index (χ4v) is 6.43. The zero-order chi connectivity index (χ0) is 33.1. The van der Waals surface area contributed by atoms with E-state index in [1.165, 1.54) is 24.1 Å². The smallest absolute Gasteiger partial charge is 0.264 e. The highest BCUT2D eigenvalue weighted by Gasteiger charge is 2.34. The van der Waals surface area contributed by atoms with Gasteiger partial charge >= 0.3 is 0 Å². The van der Waals surface area contributed by atoms with Crippen LogP contribution in [0.15, 0.2) is 108 Å². The van der Waals surface area contributed by atoms with Crippen LogP contribution in [0.5, 0.6) is 11.5 Å². The van der Waals surface area contributed by atoms with E-state index in [-0.39, 0.29) is 29.5 Å². The van der Waals surface area contributed by atoms with Gasteiger partial charge < -0.3 is 19.7 Å². The fourth-order valence-electron chi connectivity index (χ4n) is 5.02. The Kier molecular flexibility index (Phi) is 11.8. The molecule has 0 radical (unpaired) electrons. The number of hydrogen-bond acceptors (Lipinski definition) is 6. The van der Waals surface area contributed by atoms with Gasteiger partial charge in [-0.2, -0.15) is 0 Å². The number of carbonyl (C=O) groups is 2. The molecule has 0 aromatic heterocycles. The van der Waals surface area contributed by atoms with Crippen molar-refractivity contribution in [1.29, 1.82) is 0 Å². The maximum absolute atomic E-state index is 14.6. The predicted molar refractivity (Wildman–Crippen MR) is 179 cm³/mol. The normalized spacial score (nSPS) is 11.7. The van der Waals surface area contributed by atoms with Crippen molar-refractivity contribution >= 4 is 27.5 Å². The number of methoxy groups -OCH3 is 2. The van der Waals surface area contributed by atoms with Crippen LogP contribution in [0, 0.1) is 6.92 Å². The zero-order valence-electron chi connectivity index (χ0n) is 26.7. The number of benzene rings is 4. The number of ether oxygens (including phenoxy) is 2. The molecule has 1 atom stereocenters. The molecule has 0 fully saturated rings. The SMILES string of the molecule is CCCNC(=O)[C@H](Cc1ccccc1)N(Cc1cccc(OC)c1)C(=O)CN(c1cccc(OC)c1)S(=O)(=O)c1ccc(C)cc1. The van der Waals surface area contributed by atoms with Crippen LogP contribution in [0.1, 0.15) is 30.0 Å². The molecule has 10 heteroatoms. The topological polar surface area (TPSA) is 105 Å². The van der Waals surface area contributed by atoms with E-state index < -0.39 is 28.5 Å². The molecule has 0 aliphatic carbocycles. The molecular formula is C36H41N3O6S. The van der Waals surface area contributed by atoms with Gasteiger partial charge in [0.1, 0.15) is 24.1 Å². The van der Waals surface area contributed by atoms with Crippen molar-refractivity contribution in [1.82, 2.24) is 10.2 Å². The Hall–Kier alpha value is -4.83. The second-order valence-corrected chi connectivity index (χ2v) is 12.8. The summed E-state index contributed by atoms with van der Waals surface area (Å²) in [6, 6.07) is 28.8. The number of aryl methyl sites for hydroxylation is 1. The van der Waals surface area contributed by atoms with Crippen LogP contribution >= 0.6 is 0 Å². The van der Waals surface area contributed by atoms with E-state index in [9.17, 15) is 18.0 Å². The Bertz CT molecular complexity index is 1710. The third kappa shape index (κ3) is 8.66. The summed E-state index contributed by atoms with van der Waals surface area (Å²) in [5, 5.41) is 2.95. The van der Waals surface area contributed by atoms with Gasteiger partial charge in [-0.05, 0) is 60.9 Å². The number of nitrogens with zero attached hydrogens (tertiary/aromatic N) is 2. The first-order chi connectivity index (χ1) is 22.2. The molecule has 0 saturated carbocycles. The molecule has 9 nitrogen and oxygen atoms in total. The van der Waals surface area contributed by atoms with Gasteiger partial charge in [0, 0.05) is 25.6 Å². The lowest BCUT2D eigenvalue weighted by atomic mass is 10.0. The highest BCUT2D eigenvalue weighted by molar-refractivity contribution is 7.92. The molecule has 4 aromatic carbocycles. The third-order valence-electron chi connectivity index (χ3n) is 7.54. The Morgan fingerprint density at radius 1 is 0.804 bits per heavy atom. The molecule has 0 heterocycles. The molecule has 2 amide bonds. The van der Waals surface area contributed by atoms with E-state index in [0.717, 1.165) is 21.0 Å².